The number of likely N-dealkylation sites (tertiary alicyclic amines) is 1. The van der Waals surface area contributed by atoms with Gasteiger partial charge in [-0.3, -0.25) is 4.57 Å². The molecule has 1 aromatic carbocycles. The van der Waals surface area contributed by atoms with Crippen molar-refractivity contribution in [2.45, 2.75) is 45.3 Å². The van der Waals surface area contributed by atoms with Gasteiger partial charge in [0.05, 0.1) is 5.69 Å². The standard InChI is InChI=1S/C19H25N3O4/c1-19(2,3)26-18(25)21-9-7-14(8-10-21)22-12-16(20-17(22)24)13-5-4-6-15(23)11-13/h4-6,11-12,14,23H,7-10H2,1-3H3,(H,20,24). The smallest absolute Gasteiger partial charge is 0.410 e. The number of phenolic OH excluding ortho intramolecular Hbond substituents is 1. The molecule has 1 amide bonds. The molecule has 1 aliphatic heterocycles. The van der Waals surface area contributed by atoms with Gasteiger partial charge < -0.3 is 19.7 Å². The number of rotatable bonds is 2. The Morgan fingerprint density at radius 1 is 1.27 bits per heavy atom. The van der Waals surface area contributed by atoms with E-state index >= 15 is 0 Å². The maximum Gasteiger partial charge on any atom is 0.410 e. The zero-order valence-corrected chi connectivity index (χ0v) is 15.4. The van der Waals surface area contributed by atoms with Crippen LogP contribution in [-0.4, -0.2) is 44.3 Å². The molecular weight excluding hydrogens is 334 g/mol. The number of ether oxygens (including phenoxy) is 1. The first-order chi connectivity index (χ1) is 12.2. The molecule has 1 fully saturated rings. The van der Waals surface area contributed by atoms with E-state index in [-0.39, 0.29) is 23.6 Å². The van der Waals surface area contributed by atoms with Gasteiger partial charge in [-0.05, 0) is 45.7 Å². The quantitative estimate of drug-likeness (QED) is 0.862. The highest BCUT2D eigenvalue weighted by Gasteiger charge is 2.28. The molecule has 1 aromatic heterocycles. The lowest BCUT2D eigenvalue weighted by atomic mass is 10.1. The minimum Gasteiger partial charge on any atom is -0.508 e. The summed E-state index contributed by atoms with van der Waals surface area (Å²) in [6, 6.07) is 6.80. The molecule has 7 nitrogen and oxygen atoms in total. The van der Waals surface area contributed by atoms with Crippen molar-refractivity contribution in [3.05, 3.63) is 40.9 Å². The van der Waals surface area contributed by atoms with Crippen LogP contribution in [0.1, 0.15) is 39.7 Å². The predicted octanol–water partition coefficient (Wildman–Crippen LogP) is 3.12. The molecule has 3 rings (SSSR count). The molecule has 0 spiro atoms. The van der Waals surface area contributed by atoms with Gasteiger partial charge in [-0.15, -0.1) is 0 Å². The van der Waals surface area contributed by atoms with Gasteiger partial charge in [-0.1, -0.05) is 12.1 Å². The SMILES string of the molecule is CC(C)(C)OC(=O)N1CCC(n2cc(-c3cccc(O)c3)[nH]c2=O)CC1. The maximum absolute atomic E-state index is 12.3. The summed E-state index contributed by atoms with van der Waals surface area (Å²) in [5.74, 6) is 0.154. The molecule has 140 valence electrons. The van der Waals surface area contributed by atoms with E-state index in [1.165, 1.54) is 0 Å². The largest absolute Gasteiger partial charge is 0.508 e. The topological polar surface area (TPSA) is 87.6 Å². The lowest BCUT2D eigenvalue weighted by Gasteiger charge is -2.33. The van der Waals surface area contributed by atoms with Gasteiger partial charge in [0.15, 0.2) is 0 Å². The first-order valence-corrected chi connectivity index (χ1v) is 8.81. The van der Waals surface area contributed by atoms with Crippen molar-refractivity contribution in [1.82, 2.24) is 14.5 Å². The summed E-state index contributed by atoms with van der Waals surface area (Å²) < 4.78 is 7.09. The molecule has 2 heterocycles. The Labute approximate surface area is 152 Å². The van der Waals surface area contributed by atoms with Gasteiger partial charge >= 0.3 is 11.8 Å². The molecular formula is C19H25N3O4. The van der Waals surface area contributed by atoms with Crippen molar-refractivity contribution >= 4 is 6.09 Å². The third-order valence-electron chi connectivity index (χ3n) is 4.41. The second-order valence-corrected chi connectivity index (χ2v) is 7.63. The van der Waals surface area contributed by atoms with E-state index in [2.05, 4.69) is 4.98 Å². The molecule has 26 heavy (non-hydrogen) atoms. The summed E-state index contributed by atoms with van der Waals surface area (Å²) in [4.78, 5) is 29.0. The summed E-state index contributed by atoms with van der Waals surface area (Å²) in [5.41, 5.74) is 0.730. The zero-order chi connectivity index (χ0) is 18.9. The predicted molar refractivity (Wildman–Crippen MR) is 98.2 cm³/mol. The number of carbonyl (C=O) groups excluding carboxylic acids is 1. The van der Waals surface area contributed by atoms with Crippen LogP contribution >= 0.6 is 0 Å². The Kier molecular flexibility index (Phi) is 4.80. The Morgan fingerprint density at radius 3 is 2.58 bits per heavy atom. The number of amides is 1. The average Bonchev–Trinajstić information content (AvgIpc) is 2.95. The lowest BCUT2D eigenvalue weighted by Crippen LogP contribution is -2.42. The maximum atomic E-state index is 12.3. The van der Waals surface area contributed by atoms with Crippen molar-refractivity contribution < 1.29 is 14.6 Å². The molecule has 0 unspecified atom stereocenters. The highest BCUT2D eigenvalue weighted by atomic mass is 16.6. The van der Waals surface area contributed by atoms with E-state index in [0.717, 1.165) is 5.56 Å². The highest BCUT2D eigenvalue weighted by molar-refractivity contribution is 5.68. The van der Waals surface area contributed by atoms with Gasteiger partial charge in [0.25, 0.3) is 0 Å². The van der Waals surface area contributed by atoms with Crippen LogP contribution in [0, 0.1) is 0 Å². The van der Waals surface area contributed by atoms with Gasteiger partial charge in [-0.25, -0.2) is 9.59 Å². The van der Waals surface area contributed by atoms with Crippen molar-refractivity contribution in [3.8, 4) is 17.0 Å². The number of aromatic hydroxyl groups is 1. The number of phenols is 1. The molecule has 0 atom stereocenters. The molecule has 0 radical (unpaired) electrons. The summed E-state index contributed by atoms with van der Waals surface area (Å²) in [6.45, 7) is 6.65. The molecule has 2 aromatic rings. The number of aromatic nitrogens is 2. The van der Waals surface area contributed by atoms with Crippen LogP contribution in [0.25, 0.3) is 11.3 Å². The normalized spacial score (nSPS) is 15.9. The fourth-order valence-electron chi connectivity index (χ4n) is 3.15. The van der Waals surface area contributed by atoms with E-state index in [4.69, 9.17) is 4.74 Å². The summed E-state index contributed by atoms with van der Waals surface area (Å²) >= 11 is 0. The number of nitrogens with zero attached hydrogens (tertiary/aromatic N) is 2. The van der Waals surface area contributed by atoms with Gasteiger partial charge in [0, 0.05) is 30.9 Å². The second-order valence-electron chi connectivity index (χ2n) is 7.63. The first kappa shape index (κ1) is 18.1. The molecule has 0 bridgehead atoms. The molecule has 2 N–H and O–H groups in total. The lowest BCUT2D eigenvalue weighted by molar-refractivity contribution is 0.0187. The van der Waals surface area contributed by atoms with Gasteiger partial charge in [0.2, 0.25) is 0 Å². The fraction of sp³-hybridized carbons (Fsp3) is 0.474. The highest BCUT2D eigenvalue weighted by Crippen LogP contribution is 2.26. The van der Waals surface area contributed by atoms with E-state index < -0.39 is 5.60 Å². The molecule has 0 saturated carbocycles. The minimum absolute atomic E-state index is 0.0310. The third kappa shape index (κ3) is 4.09. The van der Waals surface area contributed by atoms with Crippen molar-refractivity contribution in [3.63, 3.8) is 0 Å². The number of hydrogen-bond donors (Lipinski definition) is 2. The number of H-pyrrole nitrogens is 1. The molecule has 0 aliphatic carbocycles. The van der Waals surface area contributed by atoms with Crippen LogP contribution in [0.5, 0.6) is 5.75 Å². The number of aromatic amines is 1. The van der Waals surface area contributed by atoms with Crippen LogP contribution in [0.2, 0.25) is 0 Å². The van der Waals surface area contributed by atoms with Crippen molar-refractivity contribution in [2.24, 2.45) is 0 Å². The fourth-order valence-corrected chi connectivity index (χ4v) is 3.15. The summed E-state index contributed by atoms with van der Waals surface area (Å²) in [7, 11) is 0. The Hall–Kier alpha value is -2.70. The first-order valence-electron chi connectivity index (χ1n) is 8.81. The minimum atomic E-state index is -0.512. The second kappa shape index (κ2) is 6.90. The van der Waals surface area contributed by atoms with Crippen LogP contribution in [0.3, 0.4) is 0 Å². The van der Waals surface area contributed by atoms with Crippen LogP contribution in [0.15, 0.2) is 35.3 Å². The van der Waals surface area contributed by atoms with Crippen LogP contribution in [-0.2, 0) is 4.74 Å². The zero-order valence-electron chi connectivity index (χ0n) is 15.4. The number of hydrogen-bond acceptors (Lipinski definition) is 4. The van der Waals surface area contributed by atoms with Gasteiger partial charge in [-0.2, -0.15) is 0 Å². The van der Waals surface area contributed by atoms with Gasteiger partial charge in [0.1, 0.15) is 11.4 Å². The summed E-state index contributed by atoms with van der Waals surface area (Å²) in [5, 5.41) is 9.61. The Balaban J connectivity index is 1.69. The van der Waals surface area contributed by atoms with E-state index in [9.17, 15) is 14.7 Å². The Bertz CT molecular complexity index is 839. The number of benzene rings is 1. The monoisotopic (exact) mass is 359 g/mol. The van der Waals surface area contributed by atoms with Crippen molar-refractivity contribution in [2.75, 3.05) is 13.1 Å². The third-order valence-corrected chi connectivity index (χ3v) is 4.41. The van der Waals surface area contributed by atoms with E-state index in [1.807, 2.05) is 26.8 Å². The molecule has 1 saturated heterocycles. The average molecular weight is 359 g/mol. The van der Waals surface area contributed by atoms with E-state index in [0.29, 0.717) is 31.6 Å². The number of imidazole rings is 1. The number of carbonyl (C=O) groups is 1. The Morgan fingerprint density at radius 2 is 1.96 bits per heavy atom. The van der Waals surface area contributed by atoms with Crippen LogP contribution < -0.4 is 5.69 Å². The van der Waals surface area contributed by atoms with E-state index in [1.54, 1.807) is 33.9 Å². The molecule has 1 aliphatic rings. The number of nitrogens with one attached hydrogen (secondary N) is 1. The van der Waals surface area contributed by atoms with Crippen molar-refractivity contribution in [1.29, 1.82) is 0 Å². The van der Waals surface area contributed by atoms with Crippen LogP contribution in [0.4, 0.5) is 4.79 Å². The number of piperidine rings is 1. The summed E-state index contributed by atoms with van der Waals surface area (Å²) in [6.07, 6.45) is 2.86. The molecule has 7 heteroatoms.